The first-order valence-electron chi connectivity index (χ1n) is 4.60. The number of rotatable bonds is 4. The SMILES string of the molecule is C[Si]1(C)CCC1CCCC=O. The summed E-state index contributed by atoms with van der Waals surface area (Å²) in [5.74, 6) is 0. The molecule has 0 aromatic carbocycles. The van der Waals surface area contributed by atoms with Crippen LogP contribution >= 0.6 is 0 Å². The summed E-state index contributed by atoms with van der Waals surface area (Å²) in [6.45, 7) is 4.95. The first-order chi connectivity index (χ1) is 5.17. The van der Waals surface area contributed by atoms with E-state index in [1.165, 1.54) is 18.9 Å². The molecule has 64 valence electrons. The molecular weight excluding hydrogens is 152 g/mol. The van der Waals surface area contributed by atoms with Crippen molar-refractivity contribution < 1.29 is 4.79 Å². The van der Waals surface area contributed by atoms with Crippen LogP contribution in [0.1, 0.15) is 25.7 Å². The van der Waals surface area contributed by atoms with Gasteiger partial charge in [-0.05, 0) is 12.0 Å². The van der Waals surface area contributed by atoms with E-state index in [0.29, 0.717) is 0 Å². The Bertz CT molecular complexity index is 142. The summed E-state index contributed by atoms with van der Waals surface area (Å²) in [6, 6.07) is 1.51. The molecule has 11 heavy (non-hydrogen) atoms. The van der Waals surface area contributed by atoms with Crippen molar-refractivity contribution in [3.8, 4) is 0 Å². The van der Waals surface area contributed by atoms with E-state index in [2.05, 4.69) is 13.1 Å². The van der Waals surface area contributed by atoms with Gasteiger partial charge in [0.2, 0.25) is 0 Å². The van der Waals surface area contributed by atoms with Crippen LogP contribution < -0.4 is 0 Å². The Morgan fingerprint density at radius 1 is 1.55 bits per heavy atom. The summed E-state index contributed by atoms with van der Waals surface area (Å²) in [6.07, 6.45) is 5.72. The monoisotopic (exact) mass is 170 g/mol. The summed E-state index contributed by atoms with van der Waals surface area (Å²) in [7, 11) is -0.746. The smallest absolute Gasteiger partial charge is 0.119 e. The topological polar surface area (TPSA) is 17.1 Å². The molecule has 0 radical (unpaired) electrons. The molecule has 1 fully saturated rings. The molecule has 1 aliphatic heterocycles. The first-order valence-corrected chi connectivity index (χ1v) is 7.89. The number of hydrogen-bond acceptors (Lipinski definition) is 1. The van der Waals surface area contributed by atoms with E-state index in [4.69, 9.17) is 0 Å². The van der Waals surface area contributed by atoms with Gasteiger partial charge in [-0.1, -0.05) is 32.0 Å². The van der Waals surface area contributed by atoms with E-state index in [1.807, 2.05) is 0 Å². The Morgan fingerprint density at radius 3 is 2.64 bits per heavy atom. The predicted octanol–water partition coefficient (Wildman–Crippen LogP) is 2.84. The zero-order chi connectivity index (χ0) is 8.32. The van der Waals surface area contributed by atoms with Gasteiger partial charge >= 0.3 is 0 Å². The Morgan fingerprint density at radius 2 is 2.27 bits per heavy atom. The summed E-state index contributed by atoms with van der Waals surface area (Å²) in [5, 5.41) is 0. The van der Waals surface area contributed by atoms with Crippen molar-refractivity contribution in [3.63, 3.8) is 0 Å². The van der Waals surface area contributed by atoms with E-state index in [1.54, 1.807) is 0 Å². The molecule has 0 saturated carbocycles. The maximum absolute atomic E-state index is 10.1. The molecule has 2 heteroatoms. The van der Waals surface area contributed by atoms with Crippen LogP contribution in [-0.2, 0) is 4.79 Å². The zero-order valence-corrected chi connectivity index (χ0v) is 8.60. The average molecular weight is 170 g/mol. The van der Waals surface area contributed by atoms with E-state index in [9.17, 15) is 4.79 Å². The largest absolute Gasteiger partial charge is 0.303 e. The van der Waals surface area contributed by atoms with Crippen molar-refractivity contribution in [2.24, 2.45) is 0 Å². The second kappa shape index (κ2) is 3.52. The third kappa shape index (κ3) is 2.16. The Kier molecular flexibility index (Phi) is 2.88. The third-order valence-electron chi connectivity index (χ3n) is 3.12. The molecule has 1 nitrogen and oxygen atoms in total. The fourth-order valence-electron chi connectivity index (χ4n) is 1.91. The molecule has 1 rings (SSSR count). The number of aldehydes is 1. The number of carbonyl (C=O) groups excluding carboxylic acids is 1. The van der Waals surface area contributed by atoms with E-state index >= 15 is 0 Å². The van der Waals surface area contributed by atoms with E-state index in [0.717, 1.165) is 24.7 Å². The lowest BCUT2D eigenvalue weighted by Gasteiger charge is -2.43. The Hall–Kier alpha value is -0.113. The molecule has 0 aliphatic carbocycles. The average Bonchev–Trinajstić information content (AvgIpc) is 1.96. The molecule has 1 unspecified atom stereocenters. The molecule has 0 spiro atoms. The van der Waals surface area contributed by atoms with E-state index < -0.39 is 8.07 Å². The fraction of sp³-hybridized carbons (Fsp3) is 0.889. The second-order valence-corrected chi connectivity index (χ2v) is 9.62. The third-order valence-corrected chi connectivity index (χ3v) is 7.48. The molecule has 0 aromatic rings. The highest BCUT2D eigenvalue weighted by atomic mass is 28.3. The normalized spacial score (nSPS) is 27.6. The van der Waals surface area contributed by atoms with Crippen molar-refractivity contribution in [3.05, 3.63) is 0 Å². The number of carbonyl (C=O) groups is 1. The molecule has 0 bridgehead atoms. The first kappa shape index (κ1) is 8.98. The highest BCUT2D eigenvalue weighted by Gasteiger charge is 2.39. The van der Waals surface area contributed by atoms with Crippen LogP contribution in [0.15, 0.2) is 0 Å². The van der Waals surface area contributed by atoms with Crippen molar-refractivity contribution in [1.82, 2.24) is 0 Å². The van der Waals surface area contributed by atoms with Crippen molar-refractivity contribution in [1.29, 1.82) is 0 Å². The van der Waals surface area contributed by atoms with Gasteiger partial charge in [-0.15, -0.1) is 0 Å². The van der Waals surface area contributed by atoms with Crippen LogP contribution in [0.2, 0.25) is 24.7 Å². The van der Waals surface area contributed by atoms with Crippen LogP contribution in [0.3, 0.4) is 0 Å². The molecule has 0 amide bonds. The van der Waals surface area contributed by atoms with Gasteiger partial charge in [0.05, 0.1) is 8.07 Å². The van der Waals surface area contributed by atoms with Gasteiger partial charge in [-0.25, -0.2) is 0 Å². The van der Waals surface area contributed by atoms with Crippen LogP contribution in [0.4, 0.5) is 0 Å². The quantitative estimate of drug-likeness (QED) is 0.360. The van der Waals surface area contributed by atoms with Gasteiger partial charge in [0.15, 0.2) is 0 Å². The minimum atomic E-state index is -0.746. The summed E-state index contributed by atoms with van der Waals surface area (Å²) in [4.78, 5) is 10.1. The van der Waals surface area contributed by atoms with Gasteiger partial charge in [-0.3, -0.25) is 0 Å². The van der Waals surface area contributed by atoms with Crippen LogP contribution in [0.5, 0.6) is 0 Å². The van der Waals surface area contributed by atoms with Gasteiger partial charge in [0.1, 0.15) is 6.29 Å². The van der Waals surface area contributed by atoms with Crippen LogP contribution in [0.25, 0.3) is 0 Å². The molecule has 0 aromatic heterocycles. The predicted molar refractivity (Wildman–Crippen MR) is 50.6 cm³/mol. The van der Waals surface area contributed by atoms with Crippen LogP contribution in [0, 0.1) is 0 Å². The zero-order valence-electron chi connectivity index (χ0n) is 7.60. The van der Waals surface area contributed by atoms with E-state index in [-0.39, 0.29) is 0 Å². The maximum Gasteiger partial charge on any atom is 0.119 e. The lowest BCUT2D eigenvalue weighted by molar-refractivity contribution is -0.107. The standard InChI is InChI=1S/C9H18OSi/c1-11(2)8-6-9(11)5-3-4-7-10/h7,9H,3-6,8H2,1-2H3. The molecule has 1 aliphatic rings. The minimum absolute atomic E-state index is 0.746. The molecule has 1 heterocycles. The van der Waals surface area contributed by atoms with Crippen molar-refractivity contribution >= 4 is 14.4 Å². The fourth-order valence-corrected chi connectivity index (χ4v) is 4.75. The van der Waals surface area contributed by atoms with Gasteiger partial charge < -0.3 is 4.79 Å². The summed E-state index contributed by atoms with van der Waals surface area (Å²) >= 11 is 0. The number of hydrogen-bond donors (Lipinski definition) is 0. The lowest BCUT2D eigenvalue weighted by Crippen LogP contribution is -2.41. The van der Waals surface area contributed by atoms with Crippen molar-refractivity contribution in [2.75, 3.05) is 0 Å². The van der Waals surface area contributed by atoms with Gasteiger partial charge in [0.25, 0.3) is 0 Å². The Labute approximate surface area is 70.2 Å². The molecule has 1 atom stereocenters. The number of unbranched alkanes of at least 4 members (excludes halogenated alkanes) is 1. The van der Waals surface area contributed by atoms with Crippen LogP contribution in [-0.4, -0.2) is 14.4 Å². The van der Waals surface area contributed by atoms with Gasteiger partial charge in [0, 0.05) is 6.42 Å². The Balaban J connectivity index is 2.13. The highest BCUT2D eigenvalue weighted by molar-refractivity contribution is 6.81. The molecule has 0 N–H and O–H groups in total. The van der Waals surface area contributed by atoms with Gasteiger partial charge in [-0.2, -0.15) is 0 Å². The molecule has 1 saturated heterocycles. The summed E-state index contributed by atoms with van der Waals surface area (Å²) < 4.78 is 0. The second-order valence-electron chi connectivity index (χ2n) is 4.32. The molecular formula is C9H18OSi. The highest BCUT2D eigenvalue weighted by Crippen LogP contribution is 2.45. The summed E-state index contributed by atoms with van der Waals surface area (Å²) in [5.41, 5.74) is 1.03. The maximum atomic E-state index is 10.1. The minimum Gasteiger partial charge on any atom is -0.303 e. The van der Waals surface area contributed by atoms with Crippen molar-refractivity contribution in [2.45, 2.75) is 50.4 Å². The lowest BCUT2D eigenvalue weighted by atomic mass is 10.1.